The van der Waals surface area contributed by atoms with Crippen molar-refractivity contribution < 1.29 is 4.42 Å². The van der Waals surface area contributed by atoms with Crippen molar-refractivity contribution in [3.63, 3.8) is 0 Å². The topological polar surface area (TPSA) is 42.2 Å². The van der Waals surface area contributed by atoms with Crippen LogP contribution in [0, 0.1) is 0 Å². The minimum Gasteiger partial charge on any atom is -0.407 e. The van der Waals surface area contributed by atoms with Crippen LogP contribution in [0.4, 0.5) is 6.01 Å². The molecule has 1 aromatic heterocycles. The number of thioether (sulfide) groups is 1. The molecule has 78 valence electrons. The number of hydrogen-bond donors (Lipinski definition) is 0. The van der Waals surface area contributed by atoms with Crippen LogP contribution in [-0.4, -0.2) is 34.8 Å². The molecule has 0 bridgehead atoms. The molecule has 0 N–H and O–H groups in total. The third-order valence-electron chi connectivity index (χ3n) is 2.32. The zero-order valence-electron chi connectivity index (χ0n) is 7.94. The van der Waals surface area contributed by atoms with Crippen molar-refractivity contribution in [1.82, 2.24) is 10.2 Å². The van der Waals surface area contributed by atoms with Crippen LogP contribution in [0.15, 0.2) is 4.42 Å². The molecular formula is C8H12ClN3OS. The van der Waals surface area contributed by atoms with Gasteiger partial charge < -0.3 is 9.32 Å². The highest BCUT2D eigenvalue weighted by Crippen LogP contribution is 2.24. The molecule has 1 aliphatic heterocycles. The number of aromatic nitrogens is 2. The lowest BCUT2D eigenvalue weighted by molar-refractivity contribution is 0.508. The SMILES string of the molecule is CSC1CCN(c2nnc(CCl)o2)C1. The Morgan fingerprint density at radius 1 is 1.64 bits per heavy atom. The fourth-order valence-electron chi connectivity index (χ4n) is 1.52. The summed E-state index contributed by atoms with van der Waals surface area (Å²) in [5.41, 5.74) is 0. The Hall–Kier alpha value is -0.420. The van der Waals surface area contributed by atoms with Crippen molar-refractivity contribution >= 4 is 29.4 Å². The largest absolute Gasteiger partial charge is 0.407 e. The van der Waals surface area contributed by atoms with Gasteiger partial charge in [-0.05, 0) is 12.7 Å². The van der Waals surface area contributed by atoms with Gasteiger partial charge in [0.15, 0.2) is 0 Å². The smallest absolute Gasteiger partial charge is 0.318 e. The van der Waals surface area contributed by atoms with Gasteiger partial charge in [0.2, 0.25) is 5.89 Å². The first-order valence-corrected chi connectivity index (χ1v) is 6.32. The minimum absolute atomic E-state index is 0.285. The summed E-state index contributed by atoms with van der Waals surface area (Å²) in [6, 6.07) is 0.609. The average molecular weight is 234 g/mol. The molecule has 1 saturated heterocycles. The third-order valence-corrected chi connectivity index (χ3v) is 3.60. The van der Waals surface area contributed by atoms with Crippen LogP contribution in [0.1, 0.15) is 12.3 Å². The standard InChI is InChI=1S/C8H12ClN3OS/c1-14-6-2-3-12(5-6)8-11-10-7(4-9)13-8/h6H,2-5H2,1H3. The second-order valence-electron chi connectivity index (χ2n) is 3.20. The Bertz CT molecular complexity index is 307. The third kappa shape index (κ3) is 1.98. The maximum Gasteiger partial charge on any atom is 0.318 e. The first-order valence-electron chi connectivity index (χ1n) is 4.49. The van der Waals surface area contributed by atoms with Crippen molar-refractivity contribution in [2.24, 2.45) is 0 Å². The number of hydrogen-bond acceptors (Lipinski definition) is 5. The first-order chi connectivity index (χ1) is 6.83. The van der Waals surface area contributed by atoms with Crippen molar-refractivity contribution in [3.05, 3.63) is 5.89 Å². The van der Waals surface area contributed by atoms with Crippen LogP contribution in [0.2, 0.25) is 0 Å². The predicted molar refractivity (Wildman–Crippen MR) is 58.0 cm³/mol. The highest BCUT2D eigenvalue weighted by molar-refractivity contribution is 7.99. The molecule has 1 unspecified atom stereocenters. The van der Waals surface area contributed by atoms with Crippen LogP contribution in [0.25, 0.3) is 0 Å². The number of rotatable bonds is 3. The second-order valence-corrected chi connectivity index (χ2v) is 4.61. The zero-order valence-corrected chi connectivity index (χ0v) is 9.51. The van der Waals surface area contributed by atoms with Gasteiger partial charge in [-0.2, -0.15) is 11.8 Å². The molecule has 0 amide bonds. The minimum atomic E-state index is 0.285. The van der Waals surface area contributed by atoms with Gasteiger partial charge in [0.05, 0.1) is 0 Å². The summed E-state index contributed by atoms with van der Waals surface area (Å²) in [5, 5.41) is 8.47. The summed E-state index contributed by atoms with van der Waals surface area (Å²) in [7, 11) is 0. The van der Waals surface area contributed by atoms with E-state index >= 15 is 0 Å². The van der Waals surface area contributed by atoms with Crippen molar-refractivity contribution in [2.45, 2.75) is 17.6 Å². The average Bonchev–Trinajstić information content (AvgIpc) is 2.86. The molecule has 1 aliphatic rings. The molecule has 0 radical (unpaired) electrons. The molecule has 0 spiro atoms. The number of alkyl halides is 1. The highest BCUT2D eigenvalue weighted by Gasteiger charge is 2.25. The molecule has 0 saturated carbocycles. The van der Waals surface area contributed by atoms with Gasteiger partial charge in [-0.25, -0.2) is 0 Å². The van der Waals surface area contributed by atoms with Crippen LogP contribution < -0.4 is 4.90 Å². The Morgan fingerprint density at radius 3 is 3.07 bits per heavy atom. The fourth-order valence-corrected chi connectivity index (χ4v) is 2.30. The summed E-state index contributed by atoms with van der Waals surface area (Å²) in [6.45, 7) is 1.99. The highest BCUT2D eigenvalue weighted by atomic mass is 35.5. The van der Waals surface area contributed by atoms with Gasteiger partial charge in [-0.1, -0.05) is 5.10 Å². The van der Waals surface area contributed by atoms with Crippen LogP contribution in [0.5, 0.6) is 0 Å². The van der Waals surface area contributed by atoms with E-state index in [9.17, 15) is 0 Å². The van der Waals surface area contributed by atoms with Crippen molar-refractivity contribution in [1.29, 1.82) is 0 Å². The van der Waals surface area contributed by atoms with Gasteiger partial charge >= 0.3 is 6.01 Å². The maximum atomic E-state index is 5.58. The van der Waals surface area contributed by atoms with Gasteiger partial charge in [0.1, 0.15) is 5.88 Å². The van der Waals surface area contributed by atoms with Crippen LogP contribution in [0.3, 0.4) is 0 Å². The summed E-state index contributed by atoms with van der Waals surface area (Å²) in [4.78, 5) is 2.12. The summed E-state index contributed by atoms with van der Waals surface area (Å²) < 4.78 is 5.37. The first kappa shape index (κ1) is 10.1. The quantitative estimate of drug-likeness (QED) is 0.745. The number of nitrogens with zero attached hydrogens (tertiary/aromatic N) is 3. The van der Waals surface area contributed by atoms with Crippen molar-refractivity contribution in [2.75, 3.05) is 24.2 Å². The summed E-state index contributed by atoms with van der Waals surface area (Å²) >= 11 is 7.47. The maximum absolute atomic E-state index is 5.58. The van der Waals surface area contributed by atoms with Gasteiger partial charge in [-0.3, -0.25) is 0 Å². The Labute approximate surface area is 92.0 Å². The van der Waals surface area contributed by atoms with E-state index in [1.165, 1.54) is 6.42 Å². The van der Waals surface area contributed by atoms with E-state index in [4.69, 9.17) is 16.0 Å². The van der Waals surface area contributed by atoms with E-state index in [2.05, 4.69) is 21.4 Å². The Morgan fingerprint density at radius 2 is 2.50 bits per heavy atom. The molecule has 0 aliphatic carbocycles. The van der Waals surface area contributed by atoms with Gasteiger partial charge in [-0.15, -0.1) is 16.7 Å². The van der Waals surface area contributed by atoms with E-state index in [0.29, 0.717) is 17.2 Å². The van der Waals surface area contributed by atoms with E-state index < -0.39 is 0 Å². The summed E-state index contributed by atoms with van der Waals surface area (Å²) in [6.07, 6.45) is 3.31. The lowest BCUT2D eigenvalue weighted by Crippen LogP contribution is -2.20. The van der Waals surface area contributed by atoms with Gasteiger partial charge in [0.25, 0.3) is 0 Å². The van der Waals surface area contributed by atoms with Crippen molar-refractivity contribution in [3.8, 4) is 0 Å². The lowest BCUT2D eigenvalue weighted by atomic mass is 10.4. The predicted octanol–water partition coefficient (Wildman–Crippen LogP) is 1.75. The molecule has 2 rings (SSSR count). The molecule has 4 nitrogen and oxygen atoms in total. The molecule has 2 heterocycles. The molecule has 6 heteroatoms. The normalized spacial score (nSPS) is 21.9. The fraction of sp³-hybridized carbons (Fsp3) is 0.750. The molecule has 14 heavy (non-hydrogen) atoms. The van der Waals surface area contributed by atoms with Crippen LogP contribution >= 0.6 is 23.4 Å². The number of anilines is 1. The van der Waals surface area contributed by atoms with E-state index in [1.807, 2.05) is 11.8 Å². The summed E-state index contributed by atoms with van der Waals surface area (Å²) in [5.74, 6) is 0.779. The molecule has 1 aromatic rings. The monoisotopic (exact) mass is 233 g/mol. The van der Waals surface area contributed by atoms with E-state index in [-0.39, 0.29) is 5.88 Å². The number of halogens is 1. The molecule has 1 fully saturated rings. The molecular weight excluding hydrogens is 222 g/mol. The van der Waals surface area contributed by atoms with E-state index in [0.717, 1.165) is 13.1 Å². The lowest BCUT2D eigenvalue weighted by Gasteiger charge is -2.11. The zero-order chi connectivity index (χ0) is 9.97. The van der Waals surface area contributed by atoms with Crippen LogP contribution in [-0.2, 0) is 5.88 Å². The molecule has 0 aromatic carbocycles. The Balaban J connectivity index is 2.02. The van der Waals surface area contributed by atoms with E-state index in [1.54, 1.807) is 0 Å². The second kappa shape index (κ2) is 4.40. The van der Waals surface area contributed by atoms with Gasteiger partial charge in [0, 0.05) is 18.3 Å². The molecule has 1 atom stereocenters. The Kier molecular flexibility index (Phi) is 3.18.